The van der Waals surface area contributed by atoms with Gasteiger partial charge in [-0.25, -0.2) is 0 Å². The molecule has 0 unspecified atom stereocenters. The molecular formula is C16H30. The molecular weight excluding hydrogens is 192 g/mol. The Morgan fingerprint density at radius 3 is 2.06 bits per heavy atom. The van der Waals surface area contributed by atoms with Gasteiger partial charge in [-0.15, -0.1) is 6.58 Å². The van der Waals surface area contributed by atoms with E-state index in [9.17, 15) is 0 Å². The first kappa shape index (κ1) is 15.5. The summed E-state index contributed by atoms with van der Waals surface area (Å²) in [5.74, 6) is 0. The quantitative estimate of drug-likeness (QED) is 0.347. The van der Waals surface area contributed by atoms with Gasteiger partial charge in [0.05, 0.1) is 0 Å². The Bertz CT molecular complexity index is 170. The lowest BCUT2D eigenvalue weighted by atomic mass is 10.1. The van der Waals surface area contributed by atoms with Gasteiger partial charge in [0.2, 0.25) is 0 Å². The van der Waals surface area contributed by atoms with Gasteiger partial charge in [-0.1, -0.05) is 63.7 Å². The first-order valence-corrected chi connectivity index (χ1v) is 7.13. The maximum Gasteiger partial charge on any atom is -0.0283 e. The average molecular weight is 222 g/mol. The van der Waals surface area contributed by atoms with Crippen LogP contribution in [0.4, 0.5) is 0 Å². The molecule has 94 valence electrons. The minimum atomic E-state index is 1.20. The van der Waals surface area contributed by atoms with Crippen LogP contribution in [0.2, 0.25) is 0 Å². The Kier molecular flexibility index (Phi) is 12.1. The number of allylic oxidation sites excluding steroid dienone is 3. The van der Waals surface area contributed by atoms with E-state index >= 15 is 0 Å². The second kappa shape index (κ2) is 12.5. The molecule has 1 saturated carbocycles. The van der Waals surface area contributed by atoms with Crippen molar-refractivity contribution in [1.82, 2.24) is 0 Å². The molecule has 0 aliphatic heterocycles. The van der Waals surface area contributed by atoms with Crippen molar-refractivity contribution >= 4 is 0 Å². The molecule has 0 aromatic carbocycles. The molecule has 0 amide bonds. The van der Waals surface area contributed by atoms with E-state index in [2.05, 4.69) is 26.5 Å². The van der Waals surface area contributed by atoms with Gasteiger partial charge in [0.25, 0.3) is 0 Å². The van der Waals surface area contributed by atoms with Crippen LogP contribution in [0.5, 0.6) is 0 Å². The van der Waals surface area contributed by atoms with Crippen molar-refractivity contribution in [3.8, 4) is 0 Å². The maximum absolute atomic E-state index is 3.69. The highest BCUT2D eigenvalue weighted by molar-refractivity contribution is 5.15. The fraction of sp³-hybridized carbons (Fsp3) is 0.750. The molecule has 16 heavy (non-hydrogen) atoms. The first-order valence-electron chi connectivity index (χ1n) is 7.13. The van der Waals surface area contributed by atoms with Gasteiger partial charge in [0, 0.05) is 0 Å². The summed E-state index contributed by atoms with van der Waals surface area (Å²) >= 11 is 0. The van der Waals surface area contributed by atoms with Crippen LogP contribution in [-0.4, -0.2) is 0 Å². The van der Waals surface area contributed by atoms with Gasteiger partial charge in [-0.05, 0) is 32.1 Å². The maximum atomic E-state index is 3.69. The van der Waals surface area contributed by atoms with Crippen LogP contribution in [0.3, 0.4) is 0 Å². The predicted octanol–water partition coefficient (Wildman–Crippen LogP) is 6.04. The van der Waals surface area contributed by atoms with Crippen LogP contribution in [-0.2, 0) is 0 Å². The monoisotopic (exact) mass is 222 g/mol. The smallest absolute Gasteiger partial charge is 0.0283 e. The number of rotatable bonds is 8. The predicted molar refractivity (Wildman–Crippen MR) is 75.8 cm³/mol. The van der Waals surface area contributed by atoms with Crippen LogP contribution >= 0.6 is 0 Å². The molecule has 0 saturated heterocycles. The normalized spacial score (nSPS) is 12.8. The topological polar surface area (TPSA) is 0 Å². The molecule has 1 aliphatic carbocycles. The molecule has 0 atom stereocenters. The van der Waals surface area contributed by atoms with Gasteiger partial charge in [-0.3, -0.25) is 0 Å². The molecule has 1 fully saturated rings. The lowest BCUT2D eigenvalue weighted by molar-refractivity contribution is 0.611. The summed E-state index contributed by atoms with van der Waals surface area (Å²) in [7, 11) is 0. The molecule has 0 radical (unpaired) electrons. The van der Waals surface area contributed by atoms with Crippen LogP contribution < -0.4 is 0 Å². The first-order chi connectivity index (χ1) is 7.85. The Labute approximate surface area is 103 Å². The van der Waals surface area contributed by atoms with Crippen LogP contribution in [0.1, 0.15) is 78.1 Å². The number of hydrogen-bond acceptors (Lipinski definition) is 0. The molecule has 0 spiro atoms. The Hall–Kier alpha value is -0.520. The van der Waals surface area contributed by atoms with E-state index in [0.717, 1.165) is 0 Å². The van der Waals surface area contributed by atoms with Crippen molar-refractivity contribution in [3.05, 3.63) is 24.3 Å². The fourth-order valence-corrected chi connectivity index (χ4v) is 1.63. The zero-order valence-corrected chi connectivity index (χ0v) is 11.4. The minimum Gasteiger partial charge on any atom is -0.103 e. The average Bonchev–Trinajstić information content (AvgIpc) is 3.09. The summed E-state index contributed by atoms with van der Waals surface area (Å²) in [6, 6.07) is 0. The van der Waals surface area contributed by atoms with E-state index in [-0.39, 0.29) is 0 Å². The van der Waals surface area contributed by atoms with E-state index in [1.54, 1.807) is 5.57 Å². The largest absolute Gasteiger partial charge is 0.103 e. The summed E-state index contributed by atoms with van der Waals surface area (Å²) in [5.41, 5.74) is 1.66. The Balaban J connectivity index is 0.000000315. The molecule has 1 aliphatic rings. The molecule has 0 heteroatoms. The molecule has 0 nitrogen and oxygen atoms in total. The second-order valence-corrected chi connectivity index (χ2v) is 4.62. The van der Waals surface area contributed by atoms with Crippen LogP contribution in [0, 0.1) is 0 Å². The lowest BCUT2D eigenvalue weighted by Crippen LogP contribution is -1.76. The summed E-state index contributed by atoms with van der Waals surface area (Å²) in [5, 5.41) is 0. The second-order valence-electron chi connectivity index (χ2n) is 4.62. The van der Waals surface area contributed by atoms with Crippen molar-refractivity contribution in [1.29, 1.82) is 0 Å². The van der Waals surface area contributed by atoms with E-state index in [4.69, 9.17) is 0 Å². The van der Waals surface area contributed by atoms with E-state index in [0.29, 0.717) is 0 Å². The summed E-state index contributed by atoms with van der Waals surface area (Å²) in [6.45, 7) is 8.13. The Morgan fingerprint density at radius 1 is 1.00 bits per heavy atom. The van der Waals surface area contributed by atoms with Crippen LogP contribution in [0.25, 0.3) is 0 Å². The summed E-state index contributed by atoms with van der Waals surface area (Å²) in [6.07, 6.45) is 17.9. The van der Waals surface area contributed by atoms with Gasteiger partial charge < -0.3 is 0 Å². The fourth-order valence-electron chi connectivity index (χ4n) is 1.63. The van der Waals surface area contributed by atoms with Gasteiger partial charge in [0.1, 0.15) is 0 Å². The standard InChI is InChI=1S/C10H20.C6H10/c1-3-5-7-9-10-8-6-4-2;1-2-3-6-4-5-6/h3H,1,4-10H2,2H3;3H,2,4-5H2,1H3. The highest BCUT2D eigenvalue weighted by atomic mass is 14.1. The minimum absolute atomic E-state index is 1.20. The molecule has 0 aromatic rings. The van der Waals surface area contributed by atoms with Crippen molar-refractivity contribution in [3.63, 3.8) is 0 Å². The van der Waals surface area contributed by atoms with Crippen molar-refractivity contribution in [2.24, 2.45) is 0 Å². The van der Waals surface area contributed by atoms with Crippen molar-refractivity contribution in [2.45, 2.75) is 78.1 Å². The highest BCUT2D eigenvalue weighted by Gasteiger charge is 2.07. The van der Waals surface area contributed by atoms with Gasteiger partial charge in [0.15, 0.2) is 0 Å². The van der Waals surface area contributed by atoms with E-state index < -0.39 is 0 Å². The van der Waals surface area contributed by atoms with Gasteiger partial charge >= 0.3 is 0 Å². The number of unbranched alkanes of at least 4 members (excludes halogenated alkanes) is 6. The summed E-state index contributed by atoms with van der Waals surface area (Å²) < 4.78 is 0. The molecule has 0 aromatic heterocycles. The third-order valence-electron chi connectivity index (χ3n) is 2.79. The zero-order valence-electron chi connectivity index (χ0n) is 11.4. The molecule has 1 rings (SSSR count). The highest BCUT2D eigenvalue weighted by Crippen LogP contribution is 2.27. The molecule has 0 bridgehead atoms. The number of hydrogen-bond donors (Lipinski definition) is 0. The van der Waals surface area contributed by atoms with Gasteiger partial charge in [-0.2, -0.15) is 0 Å². The van der Waals surface area contributed by atoms with Crippen molar-refractivity contribution in [2.75, 3.05) is 0 Å². The van der Waals surface area contributed by atoms with Crippen molar-refractivity contribution < 1.29 is 0 Å². The summed E-state index contributed by atoms with van der Waals surface area (Å²) in [4.78, 5) is 0. The van der Waals surface area contributed by atoms with Crippen LogP contribution in [0.15, 0.2) is 24.3 Å². The lowest BCUT2D eigenvalue weighted by Gasteiger charge is -1.96. The molecule has 0 heterocycles. The van der Waals surface area contributed by atoms with E-state index in [1.165, 1.54) is 64.2 Å². The third kappa shape index (κ3) is 13.5. The SMILES string of the molecule is C=CCCCCCCCC.CCC=C1CC1. The molecule has 0 N–H and O–H groups in total. The zero-order chi connectivity index (χ0) is 12.1. The third-order valence-corrected chi connectivity index (χ3v) is 2.79. The Morgan fingerprint density at radius 2 is 1.62 bits per heavy atom. The van der Waals surface area contributed by atoms with E-state index in [1.807, 2.05) is 6.08 Å².